The van der Waals surface area contributed by atoms with Crippen LogP contribution in [0.15, 0.2) is 12.3 Å². The first-order chi connectivity index (χ1) is 6.72. The molecule has 2 aromatic rings. The number of nitrogens with two attached hydrogens (primary N) is 1. The second-order valence-electron chi connectivity index (χ2n) is 2.78. The molecule has 0 amide bonds. The van der Waals surface area contributed by atoms with Gasteiger partial charge in [0.05, 0.1) is 0 Å². The Bertz CT molecular complexity index is 492. The van der Waals surface area contributed by atoms with Crippen LogP contribution in [-0.2, 0) is 6.54 Å². The van der Waals surface area contributed by atoms with E-state index < -0.39 is 0 Å². The first kappa shape index (κ1) is 8.95. The van der Waals surface area contributed by atoms with Crippen LogP contribution in [-0.4, -0.2) is 24.7 Å². The highest BCUT2D eigenvalue weighted by Crippen LogP contribution is 2.11. The van der Waals surface area contributed by atoms with Crippen LogP contribution >= 0.6 is 12.2 Å². The molecule has 0 bridgehead atoms. The fourth-order valence-electron chi connectivity index (χ4n) is 1.14. The molecule has 0 saturated carbocycles. The maximum Gasteiger partial charge on any atom is 0.214 e. The summed E-state index contributed by atoms with van der Waals surface area (Å²) in [6.07, 6.45) is 1.87. The zero-order valence-corrected chi connectivity index (χ0v) is 8.45. The van der Waals surface area contributed by atoms with Crippen molar-refractivity contribution >= 4 is 12.2 Å². The summed E-state index contributed by atoms with van der Waals surface area (Å²) in [4.78, 5) is 0. The second-order valence-corrected chi connectivity index (χ2v) is 3.17. The Morgan fingerprint density at radius 1 is 1.64 bits per heavy atom. The molecule has 6 nitrogen and oxygen atoms in total. The van der Waals surface area contributed by atoms with Crippen molar-refractivity contribution in [3.63, 3.8) is 0 Å². The van der Waals surface area contributed by atoms with Crippen LogP contribution in [0.1, 0.15) is 6.92 Å². The minimum atomic E-state index is 0.381. The maximum atomic E-state index is 5.65. The average molecular weight is 210 g/mol. The standard InChI is InChI=1S/C7H10N6S/c1-2-12-4-3-5(11-12)6-9-10-7(14)13(6)8/h3-4H,2,8H2,1H3,(H,10,14). The van der Waals surface area contributed by atoms with Gasteiger partial charge in [-0.1, -0.05) is 0 Å². The quantitative estimate of drug-likeness (QED) is 0.560. The van der Waals surface area contributed by atoms with Crippen LogP contribution in [0.4, 0.5) is 0 Å². The zero-order chi connectivity index (χ0) is 10.1. The number of aromatic amines is 1. The van der Waals surface area contributed by atoms with Crippen molar-refractivity contribution in [3.05, 3.63) is 17.0 Å². The minimum absolute atomic E-state index is 0.381. The van der Waals surface area contributed by atoms with Gasteiger partial charge in [0.1, 0.15) is 5.69 Å². The topological polar surface area (TPSA) is 77.5 Å². The van der Waals surface area contributed by atoms with Gasteiger partial charge in [-0.25, -0.2) is 9.77 Å². The molecule has 0 aliphatic rings. The Morgan fingerprint density at radius 3 is 2.93 bits per heavy atom. The van der Waals surface area contributed by atoms with Crippen LogP contribution in [0.5, 0.6) is 0 Å². The molecule has 0 aliphatic carbocycles. The number of rotatable bonds is 2. The lowest BCUT2D eigenvalue weighted by Gasteiger charge is -1.95. The predicted octanol–water partition coefficient (Wildman–Crippen LogP) is 0.538. The number of H-pyrrole nitrogens is 1. The summed E-state index contributed by atoms with van der Waals surface area (Å²) in [5.41, 5.74) is 0.710. The van der Waals surface area contributed by atoms with E-state index in [0.29, 0.717) is 16.3 Å². The molecule has 74 valence electrons. The van der Waals surface area contributed by atoms with Gasteiger partial charge >= 0.3 is 0 Å². The van der Waals surface area contributed by atoms with Crippen molar-refractivity contribution in [2.45, 2.75) is 13.5 Å². The number of nitrogen functional groups attached to an aromatic ring is 1. The van der Waals surface area contributed by atoms with Crippen molar-refractivity contribution in [2.24, 2.45) is 0 Å². The molecular weight excluding hydrogens is 200 g/mol. The third kappa shape index (κ3) is 1.31. The Morgan fingerprint density at radius 2 is 2.43 bits per heavy atom. The highest BCUT2D eigenvalue weighted by Gasteiger charge is 2.08. The van der Waals surface area contributed by atoms with E-state index in [2.05, 4.69) is 15.3 Å². The van der Waals surface area contributed by atoms with E-state index in [-0.39, 0.29) is 0 Å². The Balaban J connectivity index is 2.49. The molecule has 7 heteroatoms. The van der Waals surface area contributed by atoms with Crippen LogP contribution in [0.3, 0.4) is 0 Å². The van der Waals surface area contributed by atoms with Gasteiger partial charge in [-0.3, -0.25) is 4.68 Å². The first-order valence-electron chi connectivity index (χ1n) is 4.18. The average Bonchev–Trinajstić information content (AvgIpc) is 2.75. The van der Waals surface area contributed by atoms with Crippen molar-refractivity contribution in [2.75, 3.05) is 5.84 Å². The van der Waals surface area contributed by atoms with Gasteiger partial charge in [0.15, 0.2) is 0 Å². The molecule has 14 heavy (non-hydrogen) atoms. The molecule has 0 aliphatic heterocycles. The SMILES string of the molecule is CCn1ccc(-c2n[nH]c(=S)n2N)n1. The second kappa shape index (κ2) is 3.26. The largest absolute Gasteiger partial charge is 0.335 e. The fraction of sp³-hybridized carbons (Fsp3) is 0.286. The third-order valence-corrected chi connectivity index (χ3v) is 2.19. The molecule has 2 heterocycles. The number of aryl methyl sites for hydroxylation is 1. The maximum absolute atomic E-state index is 5.65. The van der Waals surface area contributed by atoms with Crippen LogP contribution in [0.2, 0.25) is 0 Å². The third-order valence-electron chi connectivity index (χ3n) is 1.90. The first-order valence-corrected chi connectivity index (χ1v) is 4.59. The van der Waals surface area contributed by atoms with Crippen LogP contribution in [0.25, 0.3) is 11.5 Å². The predicted molar refractivity (Wildman–Crippen MR) is 54.5 cm³/mol. The monoisotopic (exact) mass is 210 g/mol. The summed E-state index contributed by atoms with van der Waals surface area (Å²) in [7, 11) is 0. The van der Waals surface area contributed by atoms with E-state index in [1.165, 1.54) is 4.68 Å². The molecule has 0 unspecified atom stereocenters. The summed E-state index contributed by atoms with van der Waals surface area (Å²) >= 11 is 4.89. The molecule has 0 aromatic carbocycles. The summed E-state index contributed by atoms with van der Waals surface area (Å²) in [6, 6.07) is 1.85. The van der Waals surface area contributed by atoms with Crippen molar-refractivity contribution in [1.82, 2.24) is 24.7 Å². The summed E-state index contributed by atoms with van der Waals surface area (Å²) < 4.78 is 3.48. The molecule has 0 spiro atoms. The summed E-state index contributed by atoms with van der Waals surface area (Å²) in [5, 5.41) is 10.8. The highest BCUT2D eigenvalue weighted by atomic mass is 32.1. The van der Waals surface area contributed by atoms with E-state index in [9.17, 15) is 0 Å². The summed E-state index contributed by atoms with van der Waals surface area (Å²) in [6.45, 7) is 2.83. The molecule has 0 radical (unpaired) electrons. The lowest BCUT2D eigenvalue weighted by Crippen LogP contribution is -2.10. The Labute approximate surface area is 85.3 Å². The Kier molecular flexibility index (Phi) is 2.08. The van der Waals surface area contributed by atoms with E-state index in [0.717, 1.165) is 6.54 Å². The van der Waals surface area contributed by atoms with Crippen molar-refractivity contribution in [1.29, 1.82) is 0 Å². The number of hydrogen-bond donors (Lipinski definition) is 2. The smallest absolute Gasteiger partial charge is 0.214 e. The molecule has 3 N–H and O–H groups in total. The molecule has 2 rings (SSSR count). The number of nitrogens with one attached hydrogen (secondary N) is 1. The van der Waals surface area contributed by atoms with Gasteiger partial charge in [-0.15, -0.1) is 0 Å². The van der Waals surface area contributed by atoms with Gasteiger partial charge in [0.25, 0.3) is 0 Å². The molecule has 2 aromatic heterocycles. The molecule has 0 atom stereocenters. The van der Waals surface area contributed by atoms with E-state index in [1.54, 1.807) is 4.68 Å². The van der Waals surface area contributed by atoms with Gasteiger partial charge < -0.3 is 5.84 Å². The van der Waals surface area contributed by atoms with Gasteiger partial charge in [0.2, 0.25) is 10.6 Å². The van der Waals surface area contributed by atoms with Gasteiger partial charge in [-0.05, 0) is 25.2 Å². The normalized spacial score (nSPS) is 10.6. The van der Waals surface area contributed by atoms with Crippen LogP contribution < -0.4 is 5.84 Å². The number of hydrogen-bond acceptors (Lipinski definition) is 4. The van der Waals surface area contributed by atoms with Crippen molar-refractivity contribution in [3.8, 4) is 11.5 Å². The highest BCUT2D eigenvalue weighted by molar-refractivity contribution is 7.71. The van der Waals surface area contributed by atoms with E-state index >= 15 is 0 Å². The molecule has 0 fully saturated rings. The van der Waals surface area contributed by atoms with Crippen molar-refractivity contribution < 1.29 is 0 Å². The van der Waals surface area contributed by atoms with Gasteiger partial charge in [-0.2, -0.15) is 10.2 Å². The molecule has 0 saturated heterocycles. The van der Waals surface area contributed by atoms with Crippen LogP contribution in [0, 0.1) is 4.77 Å². The number of nitrogens with zero attached hydrogens (tertiary/aromatic N) is 4. The Hall–Kier alpha value is -1.63. The van der Waals surface area contributed by atoms with Gasteiger partial charge in [0, 0.05) is 12.7 Å². The van der Waals surface area contributed by atoms with E-state index in [4.69, 9.17) is 18.1 Å². The lowest BCUT2D eigenvalue weighted by atomic mass is 10.4. The summed E-state index contributed by atoms with van der Waals surface area (Å²) in [5.74, 6) is 6.20. The zero-order valence-electron chi connectivity index (χ0n) is 7.64. The minimum Gasteiger partial charge on any atom is -0.335 e. The molecular formula is C7H10N6S. The van der Waals surface area contributed by atoms with E-state index in [1.807, 2.05) is 19.2 Å². The lowest BCUT2D eigenvalue weighted by molar-refractivity contribution is 0.660. The fourth-order valence-corrected chi connectivity index (χ4v) is 1.27. The number of aromatic nitrogens is 5.